The smallest absolute Gasteiger partial charge is 0.332 e. The lowest BCUT2D eigenvalue weighted by Gasteiger charge is -2.05. The van der Waals surface area contributed by atoms with Crippen molar-refractivity contribution in [3.63, 3.8) is 0 Å². The highest BCUT2D eigenvalue weighted by Crippen LogP contribution is 2.17. The van der Waals surface area contributed by atoms with Gasteiger partial charge in [0.1, 0.15) is 0 Å². The molecule has 0 saturated carbocycles. The van der Waals surface area contributed by atoms with Crippen LogP contribution in [-0.4, -0.2) is 33.3 Å². The van der Waals surface area contributed by atoms with E-state index < -0.39 is 12.0 Å². The first-order valence-corrected chi connectivity index (χ1v) is 5.63. The number of rotatable bonds is 3. The van der Waals surface area contributed by atoms with E-state index in [1.54, 1.807) is 31.2 Å². The van der Waals surface area contributed by atoms with E-state index in [1.165, 1.54) is 11.9 Å². The highest BCUT2D eigenvalue weighted by molar-refractivity contribution is 6.30. The standard InChI is InChI=1S/C11H11ClN4O2/c1-7(11(17)18-2)16-14-10(13-15-16)8-3-5-9(12)6-4-8/h3-7H,1-2H3. The van der Waals surface area contributed by atoms with E-state index in [-0.39, 0.29) is 0 Å². The third-order valence-corrected chi connectivity index (χ3v) is 2.67. The van der Waals surface area contributed by atoms with E-state index in [0.29, 0.717) is 10.8 Å². The van der Waals surface area contributed by atoms with Crippen LogP contribution in [0.1, 0.15) is 13.0 Å². The van der Waals surface area contributed by atoms with Gasteiger partial charge in [0.2, 0.25) is 5.82 Å². The average Bonchev–Trinajstić information content (AvgIpc) is 2.87. The van der Waals surface area contributed by atoms with Gasteiger partial charge in [-0.15, -0.1) is 15.0 Å². The van der Waals surface area contributed by atoms with Crippen LogP contribution < -0.4 is 0 Å². The van der Waals surface area contributed by atoms with Gasteiger partial charge in [0.15, 0.2) is 6.04 Å². The molecule has 0 radical (unpaired) electrons. The number of hydrogen-bond acceptors (Lipinski definition) is 5. The van der Waals surface area contributed by atoms with Crippen molar-refractivity contribution in [3.8, 4) is 11.4 Å². The second-order valence-corrected chi connectivity index (χ2v) is 4.08. The summed E-state index contributed by atoms with van der Waals surface area (Å²) in [7, 11) is 1.32. The quantitative estimate of drug-likeness (QED) is 0.791. The molecule has 94 valence electrons. The van der Waals surface area contributed by atoms with Crippen LogP contribution in [0.4, 0.5) is 0 Å². The number of aromatic nitrogens is 4. The Labute approximate surface area is 109 Å². The van der Waals surface area contributed by atoms with Crippen LogP contribution in [0.2, 0.25) is 5.02 Å². The topological polar surface area (TPSA) is 69.9 Å². The molecule has 1 heterocycles. The van der Waals surface area contributed by atoms with E-state index in [0.717, 1.165) is 5.56 Å². The summed E-state index contributed by atoms with van der Waals surface area (Å²) in [5, 5.41) is 12.5. The molecule has 0 aliphatic heterocycles. The molecule has 0 fully saturated rings. The molecule has 2 rings (SSSR count). The van der Waals surface area contributed by atoms with E-state index in [1.807, 2.05) is 0 Å². The zero-order chi connectivity index (χ0) is 13.1. The maximum atomic E-state index is 11.3. The third kappa shape index (κ3) is 2.48. The van der Waals surface area contributed by atoms with Gasteiger partial charge in [-0.1, -0.05) is 11.6 Å². The number of hydrogen-bond donors (Lipinski definition) is 0. The first-order chi connectivity index (χ1) is 8.61. The van der Waals surface area contributed by atoms with E-state index in [2.05, 4.69) is 20.1 Å². The van der Waals surface area contributed by atoms with Gasteiger partial charge in [0.05, 0.1) is 7.11 Å². The maximum absolute atomic E-state index is 11.3. The fraction of sp³-hybridized carbons (Fsp3) is 0.273. The molecule has 0 bridgehead atoms. The molecule has 0 aliphatic rings. The second kappa shape index (κ2) is 5.14. The van der Waals surface area contributed by atoms with Crippen molar-refractivity contribution in [2.75, 3.05) is 7.11 Å². The van der Waals surface area contributed by atoms with Crippen LogP contribution in [0, 0.1) is 0 Å². The molecule has 1 aromatic heterocycles. The molecule has 0 N–H and O–H groups in total. The average molecular weight is 267 g/mol. The van der Waals surface area contributed by atoms with Gasteiger partial charge in [-0.25, -0.2) is 4.79 Å². The molecular formula is C11H11ClN4O2. The third-order valence-electron chi connectivity index (χ3n) is 2.42. The lowest BCUT2D eigenvalue weighted by atomic mass is 10.2. The van der Waals surface area contributed by atoms with Crippen molar-refractivity contribution in [3.05, 3.63) is 29.3 Å². The van der Waals surface area contributed by atoms with E-state index in [9.17, 15) is 4.79 Å². The molecule has 1 unspecified atom stereocenters. The van der Waals surface area contributed by atoms with Crippen molar-refractivity contribution >= 4 is 17.6 Å². The van der Waals surface area contributed by atoms with Gasteiger partial charge >= 0.3 is 5.97 Å². The van der Waals surface area contributed by atoms with Gasteiger partial charge in [-0.2, -0.15) is 0 Å². The monoisotopic (exact) mass is 266 g/mol. The number of esters is 1. The Morgan fingerprint density at radius 1 is 1.39 bits per heavy atom. The second-order valence-electron chi connectivity index (χ2n) is 3.64. The Kier molecular flexibility index (Phi) is 3.57. The van der Waals surface area contributed by atoms with E-state index >= 15 is 0 Å². The predicted octanol–water partition coefficient (Wildman–Crippen LogP) is 1.73. The summed E-state index contributed by atoms with van der Waals surface area (Å²) < 4.78 is 4.61. The Bertz CT molecular complexity index is 552. The molecule has 1 aromatic carbocycles. The Morgan fingerprint density at radius 2 is 2.06 bits per heavy atom. The van der Waals surface area contributed by atoms with Crippen molar-refractivity contribution in [2.24, 2.45) is 0 Å². The largest absolute Gasteiger partial charge is 0.467 e. The highest BCUT2D eigenvalue weighted by Gasteiger charge is 2.18. The fourth-order valence-electron chi connectivity index (χ4n) is 1.37. The van der Waals surface area contributed by atoms with Crippen molar-refractivity contribution < 1.29 is 9.53 Å². The lowest BCUT2D eigenvalue weighted by Crippen LogP contribution is -2.20. The van der Waals surface area contributed by atoms with Crippen LogP contribution in [0.25, 0.3) is 11.4 Å². The Morgan fingerprint density at radius 3 is 2.67 bits per heavy atom. The van der Waals surface area contributed by atoms with Crippen molar-refractivity contribution in [1.82, 2.24) is 20.2 Å². The molecule has 0 spiro atoms. The number of halogens is 1. The van der Waals surface area contributed by atoms with Crippen LogP contribution in [-0.2, 0) is 9.53 Å². The maximum Gasteiger partial charge on any atom is 0.332 e. The summed E-state index contributed by atoms with van der Waals surface area (Å²) >= 11 is 5.79. The normalized spacial score (nSPS) is 12.2. The van der Waals surface area contributed by atoms with Crippen LogP contribution in [0.15, 0.2) is 24.3 Å². The summed E-state index contributed by atoms with van der Waals surface area (Å²) in [6.07, 6.45) is 0. The van der Waals surface area contributed by atoms with Gasteiger partial charge in [-0.3, -0.25) is 0 Å². The Hall–Kier alpha value is -1.95. The summed E-state index contributed by atoms with van der Waals surface area (Å²) in [5.41, 5.74) is 0.780. The van der Waals surface area contributed by atoms with Gasteiger partial charge in [0, 0.05) is 10.6 Å². The first kappa shape index (κ1) is 12.5. The number of nitrogens with zero attached hydrogens (tertiary/aromatic N) is 4. The molecule has 0 saturated heterocycles. The van der Waals surface area contributed by atoms with Gasteiger partial charge in [-0.05, 0) is 36.4 Å². The zero-order valence-corrected chi connectivity index (χ0v) is 10.6. The zero-order valence-electron chi connectivity index (χ0n) is 9.87. The summed E-state index contributed by atoms with van der Waals surface area (Å²) in [6, 6.07) is 6.44. The Balaban J connectivity index is 2.25. The van der Waals surface area contributed by atoms with Crippen molar-refractivity contribution in [2.45, 2.75) is 13.0 Å². The molecule has 7 heteroatoms. The minimum Gasteiger partial charge on any atom is -0.467 e. The summed E-state index contributed by atoms with van der Waals surface area (Å²) in [6.45, 7) is 1.64. The number of benzene rings is 1. The molecule has 18 heavy (non-hydrogen) atoms. The SMILES string of the molecule is COC(=O)C(C)n1nnc(-c2ccc(Cl)cc2)n1. The van der Waals surface area contributed by atoms with Crippen LogP contribution in [0.5, 0.6) is 0 Å². The molecule has 2 aromatic rings. The van der Waals surface area contributed by atoms with Crippen molar-refractivity contribution in [1.29, 1.82) is 0 Å². The van der Waals surface area contributed by atoms with E-state index in [4.69, 9.17) is 11.6 Å². The molecule has 1 atom stereocenters. The lowest BCUT2D eigenvalue weighted by molar-refractivity contribution is -0.144. The number of carbonyl (C=O) groups excluding carboxylic acids is 1. The molecule has 6 nitrogen and oxygen atoms in total. The number of tetrazole rings is 1. The first-order valence-electron chi connectivity index (χ1n) is 5.25. The fourth-order valence-corrected chi connectivity index (χ4v) is 1.49. The number of methoxy groups -OCH3 is 1. The minimum atomic E-state index is -0.608. The minimum absolute atomic E-state index is 0.421. The number of carbonyl (C=O) groups is 1. The highest BCUT2D eigenvalue weighted by atomic mass is 35.5. The van der Waals surface area contributed by atoms with Gasteiger partial charge < -0.3 is 4.74 Å². The predicted molar refractivity (Wildman–Crippen MR) is 65.0 cm³/mol. The van der Waals surface area contributed by atoms with Crippen LogP contribution in [0.3, 0.4) is 0 Å². The summed E-state index contributed by atoms with van der Waals surface area (Å²) in [4.78, 5) is 12.6. The number of ether oxygens (including phenoxy) is 1. The van der Waals surface area contributed by atoms with Crippen LogP contribution >= 0.6 is 11.6 Å². The molecule has 0 amide bonds. The molecule has 0 aliphatic carbocycles. The summed E-state index contributed by atoms with van der Waals surface area (Å²) in [5.74, 6) is 0.0116. The van der Waals surface area contributed by atoms with Gasteiger partial charge in [0.25, 0.3) is 0 Å². The molecular weight excluding hydrogens is 256 g/mol.